The van der Waals surface area contributed by atoms with Gasteiger partial charge in [0.25, 0.3) is 0 Å². The van der Waals surface area contributed by atoms with Gasteiger partial charge in [-0.15, -0.1) is 0 Å². The summed E-state index contributed by atoms with van der Waals surface area (Å²) in [5.41, 5.74) is 0. The summed E-state index contributed by atoms with van der Waals surface area (Å²) in [7, 11) is 0. The molecule has 0 heterocycles. The largest absolute Gasteiger partial charge is 0.303 e. The van der Waals surface area contributed by atoms with Crippen LogP contribution in [-0.4, -0.2) is 53.9 Å². The van der Waals surface area contributed by atoms with E-state index in [0.29, 0.717) is 6.04 Å². The first-order valence-electron chi connectivity index (χ1n) is 5.68. The summed E-state index contributed by atoms with van der Waals surface area (Å²) in [5, 5.41) is 1.07. The zero-order chi connectivity index (χ0) is 11.0. The topological polar surface area (TPSA) is 6.48 Å². The molecule has 0 radical (unpaired) electrons. The van der Waals surface area contributed by atoms with Crippen LogP contribution in [0.3, 0.4) is 0 Å². The van der Waals surface area contributed by atoms with E-state index < -0.39 is 0 Å². The Balaban J connectivity index is 3.79. The molecule has 0 aromatic carbocycles. The molecule has 86 valence electrons. The first-order chi connectivity index (χ1) is 6.65. The minimum absolute atomic E-state index is 0.656. The van der Waals surface area contributed by atoms with Crippen molar-refractivity contribution in [1.82, 2.24) is 9.80 Å². The molecule has 14 heavy (non-hydrogen) atoms. The van der Waals surface area contributed by atoms with Crippen molar-refractivity contribution in [3.63, 3.8) is 0 Å². The van der Waals surface area contributed by atoms with Crippen LogP contribution in [-0.2, 0) is 0 Å². The highest BCUT2D eigenvalue weighted by Crippen LogP contribution is 2.00. The van der Waals surface area contributed by atoms with E-state index in [-0.39, 0.29) is 0 Å². The highest BCUT2D eigenvalue weighted by molar-refractivity contribution is 9.09. The number of nitrogens with zero attached hydrogens (tertiary/aromatic N) is 2. The summed E-state index contributed by atoms with van der Waals surface area (Å²) in [4.78, 5) is 5.00. The highest BCUT2D eigenvalue weighted by Gasteiger charge is 2.09. The lowest BCUT2D eigenvalue weighted by Crippen LogP contribution is -2.39. The molecular formula is C11H25BrN2. The van der Waals surface area contributed by atoms with E-state index in [1.54, 1.807) is 0 Å². The van der Waals surface area contributed by atoms with E-state index >= 15 is 0 Å². The fraction of sp³-hybridized carbons (Fsp3) is 1.00. The lowest BCUT2D eigenvalue weighted by atomic mass is 10.3. The van der Waals surface area contributed by atoms with Gasteiger partial charge >= 0.3 is 0 Å². The van der Waals surface area contributed by atoms with Gasteiger partial charge in [-0.1, -0.05) is 29.8 Å². The molecule has 0 aromatic rings. The average molecular weight is 265 g/mol. The van der Waals surface area contributed by atoms with Crippen LogP contribution in [0.4, 0.5) is 0 Å². The Bertz CT molecular complexity index is 124. The van der Waals surface area contributed by atoms with Crippen LogP contribution in [0, 0.1) is 0 Å². The van der Waals surface area contributed by atoms with Gasteiger partial charge < -0.3 is 4.90 Å². The molecule has 0 aliphatic rings. The summed E-state index contributed by atoms with van der Waals surface area (Å²) in [6.45, 7) is 14.9. The summed E-state index contributed by atoms with van der Waals surface area (Å²) in [5.74, 6) is 0. The normalized spacial score (nSPS) is 12.0. The SMILES string of the molecule is CCN(CC)CCN(CCBr)C(C)C. The molecule has 0 aromatic heterocycles. The molecule has 0 spiro atoms. The van der Waals surface area contributed by atoms with Gasteiger partial charge in [-0.05, 0) is 26.9 Å². The van der Waals surface area contributed by atoms with Crippen LogP contribution in [0.1, 0.15) is 27.7 Å². The number of rotatable bonds is 8. The van der Waals surface area contributed by atoms with E-state index in [1.807, 2.05) is 0 Å². The Morgan fingerprint density at radius 1 is 1.00 bits per heavy atom. The minimum atomic E-state index is 0.656. The zero-order valence-electron chi connectivity index (χ0n) is 10.1. The molecule has 0 amide bonds. The molecule has 0 saturated heterocycles. The van der Waals surface area contributed by atoms with Gasteiger partial charge in [0, 0.05) is 31.0 Å². The molecule has 0 atom stereocenters. The van der Waals surface area contributed by atoms with E-state index in [0.717, 1.165) is 25.0 Å². The number of hydrogen-bond acceptors (Lipinski definition) is 2. The summed E-state index contributed by atoms with van der Waals surface area (Å²) >= 11 is 3.50. The smallest absolute Gasteiger partial charge is 0.0159 e. The molecule has 0 aliphatic heterocycles. The van der Waals surface area contributed by atoms with Gasteiger partial charge in [-0.25, -0.2) is 0 Å². The van der Waals surface area contributed by atoms with Crippen LogP contribution in [0.25, 0.3) is 0 Å². The first-order valence-corrected chi connectivity index (χ1v) is 6.80. The fourth-order valence-corrected chi connectivity index (χ4v) is 2.00. The first kappa shape index (κ1) is 14.4. The van der Waals surface area contributed by atoms with Gasteiger partial charge in [-0.3, -0.25) is 4.90 Å². The van der Waals surface area contributed by atoms with Gasteiger partial charge in [0.05, 0.1) is 0 Å². The monoisotopic (exact) mass is 264 g/mol. The molecule has 0 unspecified atom stereocenters. The van der Waals surface area contributed by atoms with Crippen molar-refractivity contribution < 1.29 is 0 Å². The van der Waals surface area contributed by atoms with E-state index in [2.05, 4.69) is 53.4 Å². The second-order valence-electron chi connectivity index (χ2n) is 3.85. The molecule has 2 nitrogen and oxygen atoms in total. The van der Waals surface area contributed by atoms with Gasteiger partial charge in [0.2, 0.25) is 0 Å². The Morgan fingerprint density at radius 3 is 1.93 bits per heavy atom. The summed E-state index contributed by atoms with van der Waals surface area (Å²) in [6.07, 6.45) is 0. The Labute approximate surface area is 97.8 Å². The third-order valence-electron chi connectivity index (χ3n) is 2.70. The standard InChI is InChI=1S/C11H25BrN2/c1-5-13(6-2)9-10-14(8-7-12)11(3)4/h11H,5-10H2,1-4H3. The molecule has 0 fully saturated rings. The number of halogens is 1. The number of hydrogen-bond donors (Lipinski definition) is 0. The van der Waals surface area contributed by atoms with Crippen molar-refractivity contribution in [2.75, 3.05) is 38.1 Å². The summed E-state index contributed by atoms with van der Waals surface area (Å²) < 4.78 is 0. The maximum atomic E-state index is 3.50. The van der Waals surface area contributed by atoms with Crippen LogP contribution in [0.15, 0.2) is 0 Å². The number of alkyl halides is 1. The van der Waals surface area contributed by atoms with Crippen molar-refractivity contribution in [3.05, 3.63) is 0 Å². The molecule has 0 saturated carbocycles. The van der Waals surface area contributed by atoms with Crippen molar-refractivity contribution in [3.8, 4) is 0 Å². The maximum absolute atomic E-state index is 3.50. The third kappa shape index (κ3) is 5.99. The zero-order valence-corrected chi connectivity index (χ0v) is 11.7. The van der Waals surface area contributed by atoms with Gasteiger partial charge in [0.15, 0.2) is 0 Å². The Morgan fingerprint density at radius 2 is 1.57 bits per heavy atom. The van der Waals surface area contributed by atoms with Crippen LogP contribution < -0.4 is 0 Å². The molecule has 0 rings (SSSR count). The van der Waals surface area contributed by atoms with Crippen molar-refractivity contribution >= 4 is 15.9 Å². The predicted octanol–water partition coefficient (Wildman–Crippen LogP) is 2.43. The van der Waals surface area contributed by atoms with E-state index in [4.69, 9.17) is 0 Å². The highest BCUT2D eigenvalue weighted by atomic mass is 79.9. The molecule has 0 aliphatic carbocycles. The Kier molecular flexibility index (Phi) is 8.94. The van der Waals surface area contributed by atoms with Crippen LogP contribution >= 0.6 is 15.9 Å². The maximum Gasteiger partial charge on any atom is 0.0159 e. The Hall–Kier alpha value is 0.400. The predicted molar refractivity (Wildman–Crippen MR) is 68.3 cm³/mol. The lowest BCUT2D eigenvalue weighted by molar-refractivity contribution is 0.191. The van der Waals surface area contributed by atoms with Crippen LogP contribution in [0.5, 0.6) is 0 Å². The second kappa shape index (κ2) is 8.69. The van der Waals surface area contributed by atoms with Crippen LogP contribution in [0.2, 0.25) is 0 Å². The van der Waals surface area contributed by atoms with Gasteiger partial charge in [0.1, 0.15) is 0 Å². The van der Waals surface area contributed by atoms with Crippen molar-refractivity contribution in [2.45, 2.75) is 33.7 Å². The van der Waals surface area contributed by atoms with E-state index in [1.165, 1.54) is 13.1 Å². The van der Waals surface area contributed by atoms with E-state index in [9.17, 15) is 0 Å². The van der Waals surface area contributed by atoms with Crippen molar-refractivity contribution in [1.29, 1.82) is 0 Å². The average Bonchev–Trinajstić information content (AvgIpc) is 2.17. The van der Waals surface area contributed by atoms with Gasteiger partial charge in [-0.2, -0.15) is 0 Å². The summed E-state index contributed by atoms with van der Waals surface area (Å²) in [6, 6.07) is 0.656. The minimum Gasteiger partial charge on any atom is -0.303 e. The lowest BCUT2D eigenvalue weighted by Gasteiger charge is -2.28. The quantitative estimate of drug-likeness (QED) is 0.622. The fourth-order valence-electron chi connectivity index (χ4n) is 1.55. The second-order valence-corrected chi connectivity index (χ2v) is 4.64. The number of likely N-dealkylation sites (N-methyl/N-ethyl adjacent to an activating group) is 1. The van der Waals surface area contributed by atoms with Crippen molar-refractivity contribution in [2.24, 2.45) is 0 Å². The molecule has 3 heteroatoms. The molecule has 0 N–H and O–H groups in total. The molecular weight excluding hydrogens is 240 g/mol. The third-order valence-corrected chi connectivity index (χ3v) is 3.05. The molecule has 0 bridgehead atoms.